The first-order chi connectivity index (χ1) is 21.2. The molecule has 11 heteroatoms. The minimum atomic E-state index is -1.11. The number of benzene rings is 1. The fraction of sp³-hybridized carbons (Fsp3) is 0.606. The molecule has 0 aliphatic carbocycles. The largest absolute Gasteiger partial charge is 0.377 e. The predicted octanol–water partition coefficient (Wildman–Crippen LogP) is 5.46. The number of urea groups is 1. The average molecular weight is 626 g/mol. The molecule has 2 aliphatic rings. The van der Waals surface area contributed by atoms with Gasteiger partial charge in [0.1, 0.15) is 17.8 Å². The van der Waals surface area contributed by atoms with Gasteiger partial charge >= 0.3 is 6.03 Å². The van der Waals surface area contributed by atoms with Crippen LogP contribution >= 0.6 is 11.3 Å². The molecule has 2 aromatic rings. The Hall–Kier alpha value is -3.15. The van der Waals surface area contributed by atoms with Crippen LogP contribution in [0.2, 0.25) is 0 Å². The molecule has 4 amide bonds. The minimum Gasteiger partial charge on any atom is -0.377 e. The van der Waals surface area contributed by atoms with Crippen molar-refractivity contribution in [3.63, 3.8) is 0 Å². The third-order valence-electron chi connectivity index (χ3n) is 8.87. The average Bonchev–Trinajstić information content (AvgIpc) is 3.63. The van der Waals surface area contributed by atoms with Crippen LogP contribution in [0.5, 0.6) is 0 Å². The van der Waals surface area contributed by atoms with Crippen LogP contribution in [0.25, 0.3) is 0 Å². The van der Waals surface area contributed by atoms with Gasteiger partial charge in [0.2, 0.25) is 5.91 Å². The third kappa shape index (κ3) is 8.51. The number of nitrogens with one attached hydrogen (secondary N) is 2. The van der Waals surface area contributed by atoms with Gasteiger partial charge in [0.15, 0.2) is 10.9 Å². The lowest BCUT2D eigenvalue weighted by Crippen LogP contribution is -2.50. The summed E-state index contributed by atoms with van der Waals surface area (Å²) in [6.07, 6.45) is 6.57. The number of piperidine rings is 1. The van der Waals surface area contributed by atoms with Crippen LogP contribution in [0.4, 0.5) is 9.93 Å². The zero-order valence-corrected chi connectivity index (χ0v) is 27.2. The van der Waals surface area contributed by atoms with E-state index in [4.69, 9.17) is 4.74 Å². The summed E-state index contributed by atoms with van der Waals surface area (Å²) in [6, 6.07) is 6.92. The van der Waals surface area contributed by atoms with Crippen LogP contribution in [0.3, 0.4) is 0 Å². The predicted molar refractivity (Wildman–Crippen MR) is 172 cm³/mol. The summed E-state index contributed by atoms with van der Waals surface area (Å²) in [5.74, 6) is -1.70. The summed E-state index contributed by atoms with van der Waals surface area (Å²) in [5, 5.41) is 7.48. The smallest absolute Gasteiger partial charge is 0.325 e. The number of amides is 4. The van der Waals surface area contributed by atoms with E-state index in [1.54, 1.807) is 12.3 Å². The van der Waals surface area contributed by atoms with Gasteiger partial charge in [-0.1, -0.05) is 64.4 Å². The summed E-state index contributed by atoms with van der Waals surface area (Å²) in [6.45, 7) is 11.6. The van der Waals surface area contributed by atoms with Crippen molar-refractivity contribution in [1.29, 1.82) is 0 Å². The number of rotatable bonds is 16. The quantitative estimate of drug-likeness (QED) is 0.188. The van der Waals surface area contributed by atoms with Crippen molar-refractivity contribution < 1.29 is 23.9 Å². The molecule has 0 spiro atoms. The van der Waals surface area contributed by atoms with Gasteiger partial charge in [-0.05, 0) is 56.7 Å². The van der Waals surface area contributed by atoms with Crippen LogP contribution in [0.1, 0.15) is 94.6 Å². The molecule has 1 aromatic heterocycles. The number of anilines is 1. The summed E-state index contributed by atoms with van der Waals surface area (Å²) in [7, 11) is 0. The molecular formula is C33H47N5O5S. The summed E-state index contributed by atoms with van der Waals surface area (Å²) >= 11 is 1.14. The SMILES string of the molecule is CCC(=O)c1csc(NC(=O)C([C@@H](C)c2ccccc2)N2C(=O)NC(C(C)CCC(CC)OCCN3CCCCC3)C2=O)n1. The Balaban J connectivity index is 1.42. The van der Waals surface area contributed by atoms with E-state index in [-0.39, 0.29) is 28.6 Å². The molecule has 2 fully saturated rings. The second-order valence-electron chi connectivity index (χ2n) is 11.9. The number of Topliss-reactive ketones (excluding diaryl/α,β-unsaturated/α-hetero) is 1. The molecule has 0 saturated carbocycles. The highest BCUT2D eigenvalue weighted by atomic mass is 32.1. The van der Waals surface area contributed by atoms with Crippen molar-refractivity contribution in [3.8, 4) is 0 Å². The minimum absolute atomic E-state index is 0.0879. The van der Waals surface area contributed by atoms with Crippen molar-refractivity contribution in [2.45, 2.75) is 96.7 Å². The Morgan fingerprint density at radius 2 is 1.82 bits per heavy atom. The van der Waals surface area contributed by atoms with Crippen LogP contribution in [-0.4, -0.2) is 82.8 Å². The van der Waals surface area contributed by atoms with Crippen molar-refractivity contribution in [2.75, 3.05) is 31.6 Å². The first kappa shape index (κ1) is 33.7. The van der Waals surface area contributed by atoms with Gasteiger partial charge in [-0.15, -0.1) is 11.3 Å². The van der Waals surface area contributed by atoms with Gasteiger partial charge in [-0.2, -0.15) is 0 Å². The second-order valence-corrected chi connectivity index (χ2v) is 12.8. The van der Waals surface area contributed by atoms with Crippen LogP contribution < -0.4 is 10.6 Å². The number of carbonyl (C=O) groups excluding carboxylic acids is 4. The molecular weight excluding hydrogens is 578 g/mol. The number of ketones is 1. The normalized spacial score (nSPS) is 20.2. The van der Waals surface area contributed by atoms with E-state index in [9.17, 15) is 19.2 Å². The molecule has 3 heterocycles. The number of hydrogen-bond acceptors (Lipinski definition) is 8. The van der Waals surface area contributed by atoms with Crippen molar-refractivity contribution >= 4 is 40.1 Å². The maximum Gasteiger partial charge on any atom is 0.325 e. The Labute approximate surface area is 264 Å². The summed E-state index contributed by atoms with van der Waals surface area (Å²) < 4.78 is 6.20. The molecule has 1 aromatic carbocycles. The van der Waals surface area contributed by atoms with Crippen LogP contribution in [0, 0.1) is 5.92 Å². The highest BCUT2D eigenvalue weighted by Crippen LogP contribution is 2.30. The number of nitrogens with zero attached hydrogens (tertiary/aromatic N) is 3. The van der Waals surface area contributed by atoms with Crippen molar-refractivity contribution in [1.82, 2.24) is 20.1 Å². The van der Waals surface area contributed by atoms with Gasteiger partial charge in [0.05, 0.1) is 12.7 Å². The van der Waals surface area contributed by atoms with Crippen molar-refractivity contribution in [2.24, 2.45) is 5.92 Å². The molecule has 4 rings (SSSR count). The van der Waals surface area contributed by atoms with Crippen LogP contribution in [0.15, 0.2) is 35.7 Å². The molecule has 4 unspecified atom stereocenters. The fourth-order valence-corrected chi connectivity index (χ4v) is 6.76. The van der Waals surface area contributed by atoms with Gasteiger partial charge in [0.25, 0.3) is 5.91 Å². The standard InChI is InChI=1S/C33H47N5O5S/c1-5-25(43-20-19-37-17-11-8-12-18-37)16-15-22(3)28-31(41)38(33(42)35-28)29(23(4)24-13-9-7-10-14-24)30(40)36-32-34-26(21-44-32)27(39)6-2/h7,9-10,13-14,21-23,25,28-29H,5-6,8,11-12,15-20H2,1-4H3,(H,35,42)(H,34,36,40)/t22?,23-,25?,28?,29?/m0/s1. The number of ether oxygens (including phenoxy) is 1. The fourth-order valence-electron chi connectivity index (χ4n) is 6.04. The second kappa shape index (κ2) is 16.2. The number of likely N-dealkylation sites (tertiary alicyclic amines) is 1. The van der Waals surface area contributed by atoms with E-state index in [0.29, 0.717) is 19.4 Å². The van der Waals surface area contributed by atoms with Gasteiger partial charge < -0.3 is 20.3 Å². The molecule has 0 radical (unpaired) electrons. The van der Waals surface area contributed by atoms with E-state index in [0.717, 1.165) is 54.3 Å². The van der Waals surface area contributed by atoms with E-state index in [1.807, 2.05) is 44.2 Å². The summed E-state index contributed by atoms with van der Waals surface area (Å²) in [5.41, 5.74) is 1.10. The number of carbonyl (C=O) groups is 4. The molecule has 2 N–H and O–H groups in total. The lowest BCUT2D eigenvalue weighted by atomic mass is 9.90. The molecule has 10 nitrogen and oxygen atoms in total. The molecule has 2 saturated heterocycles. The molecule has 2 aliphatic heterocycles. The zero-order valence-electron chi connectivity index (χ0n) is 26.4. The van der Waals surface area contributed by atoms with Crippen molar-refractivity contribution in [3.05, 3.63) is 47.0 Å². The molecule has 5 atom stereocenters. The summed E-state index contributed by atoms with van der Waals surface area (Å²) in [4.78, 5) is 60.9. The van der Waals surface area contributed by atoms with Gasteiger partial charge in [-0.25, -0.2) is 14.7 Å². The number of imide groups is 1. The Bertz CT molecular complexity index is 1260. The zero-order chi connectivity index (χ0) is 31.6. The molecule has 240 valence electrons. The third-order valence-corrected chi connectivity index (χ3v) is 9.62. The molecule has 44 heavy (non-hydrogen) atoms. The van der Waals surface area contributed by atoms with E-state index in [1.165, 1.54) is 19.3 Å². The maximum absolute atomic E-state index is 13.9. The number of aromatic nitrogens is 1. The lowest BCUT2D eigenvalue weighted by Gasteiger charge is -2.30. The number of hydrogen-bond donors (Lipinski definition) is 2. The van der Waals surface area contributed by atoms with Gasteiger partial charge in [-0.3, -0.25) is 14.4 Å². The Morgan fingerprint density at radius 3 is 2.50 bits per heavy atom. The Morgan fingerprint density at radius 1 is 1.09 bits per heavy atom. The van der Waals surface area contributed by atoms with E-state index in [2.05, 4.69) is 27.4 Å². The number of thiazole rings is 1. The Kier molecular flexibility index (Phi) is 12.5. The van der Waals surface area contributed by atoms with Crippen LogP contribution in [-0.2, 0) is 14.3 Å². The maximum atomic E-state index is 13.9. The first-order valence-corrected chi connectivity index (χ1v) is 16.9. The lowest BCUT2D eigenvalue weighted by molar-refractivity contribution is -0.135. The first-order valence-electron chi connectivity index (χ1n) is 16.0. The van der Waals surface area contributed by atoms with E-state index < -0.39 is 35.8 Å². The highest BCUT2D eigenvalue weighted by molar-refractivity contribution is 7.14. The molecule has 0 bridgehead atoms. The van der Waals surface area contributed by atoms with Gasteiger partial charge in [0, 0.05) is 24.3 Å². The topological polar surface area (TPSA) is 121 Å². The highest BCUT2D eigenvalue weighted by Gasteiger charge is 2.48. The van der Waals surface area contributed by atoms with E-state index >= 15 is 0 Å². The monoisotopic (exact) mass is 625 g/mol.